The average Bonchev–Trinajstić information content (AvgIpc) is 3.41. The summed E-state index contributed by atoms with van der Waals surface area (Å²) in [5.41, 5.74) is 5.41. The molecule has 8 nitrogen and oxygen atoms in total. The third-order valence-corrected chi connectivity index (χ3v) is 10.4. The predicted molar refractivity (Wildman–Crippen MR) is 178 cm³/mol. The molecule has 0 aliphatic carbocycles. The standard InChI is InChI=1S/C35H33Cl2N3O5S/c1-23-31(20-40-22-38-33(36)34(40)37)44-35(45-32(23)27-12-10-24(21-41)11-13-27)28-16-14-26(15-17-28)29-7-5-6-25(18-29)19-39-46(42,43)30-8-3-2-4-9-30/h2-18,22-23,31-32,35,39,41H,19-21H2,1H3. The molecular weight excluding hydrogens is 645 g/mol. The Morgan fingerprint density at radius 3 is 2.24 bits per heavy atom. The summed E-state index contributed by atoms with van der Waals surface area (Å²) in [6.45, 7) is 2.64. The third-order valence-electron chi connectivity index (χ3n) is 8.20. The Balaban J connectivity index is 1.21. The van der Waals surface area contributed by atoms with Crippen molar-refractivity contribution >= 4 is 33.2 Å². The number of aliphatic hydroxyl groups excluding tert-OH is 1. The lowest BCUT2D eigenvalue weighted by molar-refractivity contribution is -0.276. The van der Waals surface area contributed by atoms with Crippen LogP contribution in [0.25, 0.3) is 11.1 Å². The van der Waals surface area contributed by atoms with Gasteiger partial charge in [0, 0.05) is 18.0 Å². The van der Waals surface area contributed by atoms with Crippen LogP contribution in [0.5, 0.6) is 0 Å². The van der Waals surface area contributed by atoms with Gasteiger partial charge in [0.05, 0.1) is 36.6 Å². The number of nitrogens with one attached hydrogen (secondary N) is 1. The van der Waals surface area contributed by atoms with Crippen LogP contribution < -0.4 is 4.72 Å². The molecule has 238 valence electrons. The highest BCUT2D eigenvalue weighted by Gasteiger charge is 2.39. The summed E-state index contributed by atoms with van der Waals surface area (Å²) in [5, 5.41) is 10.1. The fourth-order valence-corrected chi connectivity index (χ4v) is 6.90. The smallest absolute Gasteiger partial charge is 0.240 e. The minimum absolute atomic E-state index is 0.0336. The molecular formula is C35H33Cl2N3O5S. The molecule has 0 radical (unpaired) electrons. The molecule has 4 aromatic carbocycles. The number of hydrogen-bond acceptors (Lipinski definition) is 6. The van der Waals surface area contributed by atoms with Gasteiger partial charge in [0.25, 0.3) is 0 Å². The van der Waals surface area contributed by atoms with E-state index < -0.39 is 16.3 Å². The van der Waals surface area contributed by atoms with Crippen molar-refractivity contribution in [3.05, 3.63) is 142 Å². The van der Waals surface area contributed by atoms with E-state index in [0.29, 0.717) is 11.7 Å². The van der Waals surface area contributed by atoms with E-state index in [4.69, 9.17) is 32.7 Å². The summed E-state index contributed by atoms with van der Waals surface area (Å²) < 4.78 is 43.0. The Morgan fingerprint density at radius 2 is 1.57 bits per heavy atom. The lowest BCUT2D eigenvalue weighted by Crippen LogP contribution is -2.39. The Morgan fingerprint density at radius 1 is 0.848 bits per heavy atom. The van der Waals surface area contributed by atoms with E-state index in [0.717, 1.165) is 33.4 Å². The minimum atomic E-state index is -3.62. The molecule has 11 heteroatoms. The summed E-state index contributed by atoms with van der Waals surface area (Å²) >= 11 is 12.5. The number of nitrogens with zero attached hydrogens (tertiary/aromatic N) is 2. The van der Waals surface area contributed by atoms with E-state index in [1.165, 1.54) is 0 Å². The lowest BCUT2D eigenvalue weighted by atomic mass is 9.90. The number of sulfonamides is 1. The van der Waals surface area contributed by atoms with E-state index >= 15 is 0 Å². The molecule has 46 heavy (non-hydrogen) atoms. The molecule has 2 N–H and O–H groups in total. The third kappa shape index (κ3) is 7.21. The highest BCUT2D eigenvalue weighted by Crippen LogP contribution is 2.42. The summed E-state index contributed by atoms with van der Waals surface area (Å²) in [5.74, 6) is -0.0465. The number of aromatic nitrogens is 2. The maximum atomic E-state index is 12.7. The molecule has 1 saturated heterocycles. The Labute approximate surface area is 278 Å². The van der Waals surface area contributed by atoms with Crippen molar-refractivity contribution in [2.45, 2.75) is 50.0 Å². The number of ether oxygens (including phenoxy) is 2. The van der Waals surface area contributed by atoms with Crippen LogP contribution in [0.15, 0.2) is 114 Å². The molecule has 1 aromatic heterocycles. The molecule has 0 saturated carbocycles. The zero-order valence-electron chi connectivity index (χ0n) is 25.0. The van der Waals surface area contributed by atoms with Gasteiger partial charge in [-0.25, -0.2) is 18.1 Å². The largest absolute Gasteiger partial charge is 0.392 e. The minimum Gasteiger partial charge on any atom is -0.392 e. The van der Waals surface area contributed by atoms with Crippen LogP contribution in [0, 0.1) is 5.92 Å². The molecule has 0 amide bonds. The van der Waals surface area contributed by atoms with Crippen molar-refractivity contribution < 1.29 is 23.0 Å². The highest BCUT2D eigenvalue weighted by atomic mass is 35.5. The van der Waals surface area contributed by atoms with Gasteiger partial charge in [-0.2, -0.15) is 0 Å². The van der Waals surface area contributed by atoms with Gasteiger partial charge in [0.1, 0.15) is 5.15 Å². The molecule has 0 bridgehead atoms. The monoisotopic (exact) mass is 677 g/mol. The van der Waals surface area contributed by atoms with Gasteiger partial charge in [-0.3, -0.25) is 0 Å². The van der Waals surface area contributed by atoms with Gasteiger partial charge in [0.15, 0.2) is 11.4 Å². The van der Waals surface area contributed by atoms with Gasteiger partial charge in [-0.15, -0.1) is 0 Å². The van der Waals surface area contributed by atoms with Crippen LogP contribution in [0.4, 0.5) is 0 Å². The molecule has 1 fully saturated rings. The van der Waals surface area contributed by atoms with Gasteiger partial charge in [-0.05, 0) is 46.0 Å². The van der Waals surface area contributed by atoms with Crippen molar-refractivity contribution in [3.8, 4) is 11.1 Å². The summed E-state index contributed by atoms with van der Waals surface area (Å²) in [6.07, 6.45) is 0.380. The van der Waals surface area contributed by atoms with Crippen LogP contribution in [0.1, 0.15) is 41.6 Å². The fraction of sp³-hybridized carbons (Fsp3) is 0.229. The van der Waals surface area contributed by atoms with Crippen LogP contribution in [0.2, 0.25) is 10.3 Å². The van der Waals surface area contributed by atoms with Gasteiger partial charge >= 0.3 is 0 Å². The molecule has 2 heterocycles. The van der Waals surface area contributed by atoms with Crippen molar-refractivity contribution in [3.63, 3.8) is 0 Å². The van der Waals surface area contributed by atoms with Crippen molar-refractivity contribution in [2.24, 2.45) is 5.92 Å². The average molecular weight is 679 g/mol. The molecule has 1 aliphatic heterocycles. The second kappa shape index (κ2) is 14.1. The fourth-order valence-electron chi connectivity index (χ4n) is 5.55. The number of rotatable bonds is 10. The topological polar surface area (TPSA) is 103 Å². The van der Waals surface area contributed by atoms with Gasteiger partial charge in [-0.1, -0.05) is 115 Å². The first-order valence-electron chi connectivity index (χ1n) is 14.8. The second-order valence-corrected chi connectivity index (χ2v) is 13.7. The van der Waals surface area contributed by atoms with E-state index in [9.17, 15) is 13.5 Å². The molecule has 1 aliphatic rings. The van der Waals surface area contributed by atoms with E-state index in [-0.39, 0.29) is 41.3 Å². The van der Waals surface area contributed by atoms with Crippen molar-refractivity contribution in [1.82, 2.24) is 14.3 Å². The summed E-state index contributed by atoms with van der Waals surface area (Å²) in [4.78, 5) is 4.34. The molecule has 6 rings (SSSR count). The molecule has 4 atom stereocenters. The van der Waals surface area contributed by atoms with Gasteiger partial charge < -0.3 is 19.1 Å². The maximum absolute atomic E-state index is 12.7. The second-order valence-electron chi connectivity index (χ2n) is 11.3. The zero-order chi connectivity index (χ0) is 32.3. The van der Waals surface area contributed by atoms with Crippen LogP contribution in [-0.2, 0) is 39.2 Å². The van der Waals surface area contributed by atoms with Gasteiger partial charge in [0.2, 0.25) is 10.0 Å². The van der Waals surface area contributed by atoms with Crippen molar-refractivity contribution in [1.29, 1.82) is 0 Å². The van der Waals surface area contributed by atoms with Crippen molar-refractivity contribution in [2.75, 3.05) is 0 Å². The highest BCUT2D eigenvalue weighted by molar-refractivity contribution is 7.89. The van der Waals surface area contributed by atoms with E-state index in [1.54, 1.807) is 41.2 Å². The first-order valence-corrected chi connectivity index (χ1v) is 17.1. The quantitative estimate of drug-likeness (QED) is 0.161. The Hall–Kier alpha value is -3.54. The lowest BCUT2D eigenvalue weighted by Gasteiger charge is -2.41. The number of hydrogen-bond donors (Lipinski definition) is 2. The maximum Gasteiger partial charge on any atom is 0.240 e. The number of aliphatic hydroxyl groups is 1. The first kappa shape index (κ1) is 32.4. The predicted octanol–water partition coefficient (Wildman–Crippen LogP) is 7.32. The van der Waals surface area contributed by atoms with Crippen LogP contribution >= 0.6 is 23.2 Å². The number of halogens is 2. The van der Waals surface area contributed by atoms with Crippen LogP contribution in [0.3, 0.4) is 0 Å². The Kier molecular flexibility index (Phi) is 9.91. The molecule has 0 spiro atoms. The Bertz CT molecular complexity index is 1880. The molecule has 4 unspecified atom stereocenters. The SMILES string of the molecule is CC1C(Cn2cnc(Cl)c2Cl)OC(c2ccc(-c3cccc(CNS(=O)(=O)c4ccccc4)c3)cc2)OC1c1ccc(CO)cc1. The first-order chi connectivity index (χ1) is 22.2. The summed E-state index contributed by atoms with van der Waals surface area (Å²) in [6, 6.07) is 31.8. The number of imidazole rings is 1. The van der Waals surface area contributed by atoms with E-state index in [1.807, 2.05) is 72.8 Å². The molecule has 5 aromatic rings. The summed E-state index contributed by atoms with van der Waals surface area (Å²) in [7, 11) is -3.62. The van der Waals surface area contributed by atoms with E-state index in [2.05, 4.69) is 16.6 Å². The zero-order valence-corrected chi connectivity index (χ0v) is 27.3. The number of benzene rings is 4. The normalized spacial score (nSPS) is 20.1. The van der Waals surface area contributed by atoms with Crippen LogP contribution in [-0.4, -0.2) is 29.2 Å².